The summed E-state index contributed by atoms with van der Waals surface area (Å²) >= 11 is 11.2. The highest BCUT2D eigenvalue weighted by atomic mass is 35.5. The molecular weight excluding hydrogens is 462 g/mol. The van der Waals surface area contributed by atoms with Crippen molar-refractivity contribution in [3.05, 3.63) is 70.7 Å². The number of phenols is 1. The van der Waals surface area contributed by atoms with Crippen molar-refractivity contribution in [1.82, 2.24) is 10.3 Å². The van der Waals surface area contributed by atoms with Crippen molar-refractivity contribution in [2.24, 2.45) is 0 Å². The number of nitrogens with zero attached hydrogens (tertiary/aromatic N) is 1. The zero-order valence-corrected chi connectivity index (χ0v) is 19.4. The van der Waals surface area contributed by atoms with Crippen molar-refractivity contribution in [2.75, 3.05) is 12.4 Å². The second-order valence-electron chi connectivity index (χ2n) is 7.16. The number of oxazole rings is 1. The Morgan fingerprint density at radius 2 is 2.00 bits per heavy atom. The molecule has 0 fully saturated rings. The molecule has 3 N–H and O–H groups in total. The lowest BCUT2D eigenvalue weighted by atomic mass is 10.1. The van der Waals surface area contributed by atoms with E-state index in [1.165, 1.54) is 19.2 Å². The molecule has 0 radical (unpaired) electrons. The van der Waals surface area contributed by atoms with E-state index >= 15 is 0 Å². The summed E-state index contributed by atoms with van der Waals surface area (Å²) in [5.74, 6) is 0.149. The number of carbonyl (C=O) groups is 1. The Bertz CT molecular complexity index is 1370. The lowest BCUT2D eigenvalue weighted by Crippen LogP contribution is -2.34. The number of halogens is 1. The van der Waals surface area contributed by atoms with Gasteiger partial charge >= 0.3 is 0 Å². The summed E-state index contributed by atoms with van der Waals surface area (Å²) in [6.07, 6.45) is 0.893. The number of hydrogen-bond acceptors (Lipinski definition) is 6. The molecule has 1 heterocycles. The zero-order chi connectivity index (χ0) is 23.5. The van der Waals surface area contributed by atoms with Gasteiger partial charge in [0.2, 0.25) is 5.89 Å². The molecule has 4 aromatic rings. The molecule has 9 heteroatoms. The lowest BCUT2D eigenvalue weighted by molar-refractivity contribution is 0.0974. The minimum Gasteiger partial charge on any atom is -0.507 e. The van der Waals surface area contributed by atoms with Gasteiger partial charge in [0.25, 0.3) is 5.91 Å². The standard InChI is InChI=1S/C24H20ClN3O4S/c1-3-13-4-8-21-18(10-13)27-23(32-21)16-7-6-15(12-19(16)29)26-24(33)28-22(30)17-11-14(25)5-9-20(17)31-2/h4-12,29H,3H2,1-2H3,(H2,26,28,30,33). The number of hydrogen-bond donors (Lipinski definition) is 3. The van der Waals surface area contributed by atoms with Crippen LogP contribution in [0.4, 0.5) is 5.69 Å². The average molecular weight is 482 g/mol. The first kappa shape index (κ1) is 22.6. The minimum atomic E-state index is -0.481. The van der Waals surface area contributed by atoms with Crippen LogP contribution in [0.5, 0.6) is 11.5 Å². The van der Waals surface area contributed by atoms with E-state index in [9.17, 15) is 9.90 Å². The van der Waals surface area contributed by atoms with Crippen LogP contribution in [0.2, 0.25) is 5.02 Å². The fourth-order valence-corrected chi connectivity index (χ4v) is 3.67. The summed E-state index contributed by atoms with van der Waals surface area (Å²) < 4.78 is 11.0. The van der Waals surface area contributed by atoms with Gasteiger partial charge in [0.05, 0.1) is 18.2 Å². The van der Waals surface area contributed by atoms with Gasteiger partial charge in [-0.15, -0.1) is 0 Å². The van der Waals surface area contributed by atoms with Crippen LogP contribution >= 0.6 is 23.8 Å². The van der Waals surface area contributed by atoms with Crippen LogP contribution in [-0.4, -0.2) is 28.2 Å². The second kappa shape index (κ2) is 9.48. The lowest BCUT2D eigenvalue weighted by Gasteiger charge is -2.12. The van der Waals surface area contributed by atoms with E-state index in [2.05, 4.69) is 22.5 Å². The van der Waals surface area contributed by atoms with Gasteiger partial charge in [-0.2, -0.15) is 0 Å². The number of methoxy groups -OCH3 is 1. The molecule has 4 rings (SSSR count). The number of aromatic hydroxyl groups is 1. The molecule has 0 saturated heterocycles. The third-order valence-electron chi connectivity index (χ3n) is 4.98. The first-order valence-corrected chi connectivity index (χ1v) is 10.8. The molecule has 1 amide bonds. The molecule has 168 valence electrons. The quantitative estimate of drug-likeness (QED) is 0.321. The molecule has 0 aliphatic rings. The number of carbonyl (C=O) groups excluding carboxylic acids is 1. The first-order valence-electron chi connectivity index (χ1n) is 10.1. The molecule has 33 heavy (non-hydrogen) atoms. The Hall–Kier alpha value is -3.62. The number of amides is 1. The number of phenolic OH excluding ortho intramolecular Hbond substituents is 1. The molecule has 1 aromatic heterocycles. The predicted octanol–water partition coefficient (Wildman–Crippen LogP) is 5.55. The van der Waals surface area contributed by atoms with Crippen LogP contribution in [0.3, 0.4) is 0 Å². The third-order valence-corrected chi connectivity index (χ3v) is 5.42. The number of rotatable bonds is 5. The number of ether oxygens (including phenoxy) is 1. The molecule has 3 aromatic carbocycles. The Labute approximate surface area is 200 Å². The van der Waals surface area contributed by atoms with E-state index in [0.717, 1.165) is 17.5 Å². The molecular formula is C24H20ClN3O4S. The van der Waals surface area contributed by atoms with E-state index in [1.807, 2.05) is 18.2 Å². The SMILES string of the molecule is CCc1ccc2oc(-c3ccc(NC(=S)NC(=O)c4cc(Cl)ccc4OC)cc3O)nc2c1. The van der Waals surface area contributed by atoms with Crippen LogP contribution in [-0.2, 0) is 6.42 Å². The predicted molar refractivity (Wildman–Crippen MR) is 132 cm³/mol. The summed E-state index contributed by atoms with van der Waals surface area (Å²) in [5, 5.41) is 16.4. The molecule has 7 nitrogen and oxygen atoms in total. The normalized spacial score (nSPS) is 10.8. The smallest absolute Gasteiger partial charge is 0.261 e. The van der Waals surface area contributed by atoms with E-state index in [4.69, 9.17) is 33.0 Å². The van der Waals surface area contributed by atoms with Crippen LogP contribution in [0.15, 0.2) is 59.0 Å². The Morgan fingerprint density at radius 1 is 1.18 bits per heavy atom. The van der Waals surface area contributed by atoms with Crippen molar-refractivity contribution in [1.29, 1.82) is 0 Å². The van der Waals surface area contributed by atoms with Gasteiger partial charge in [-0.25, -0.2) is 4.98 Å². The molecule has 0 atom stereocenters. The number of aromatic nitrogens is 1. The summed E-state index contributed by atoms with van der Waals surface area (Å²) in [7, 11) is 1.46. The maximum Gasteiger partial charge on any atom is 0.261 e. The van der Waals surface area contributed by atoms with Crippen LogP contribution < -0.4 is 15.4 Å². The maximum atomic E-state index is 12.6. The van der Waals surface area contributed by atoms with Crippen molar-refractivity contribution in [2.45, 2.75) is 13.3 Å². The first-order chi connectivity index (χ1) is 15.9. The number of benzene rings is 3. The van der Waals surface area contributed by atoms with Gasteiger partial charge in [0.15, 0.2) is 10.7 Å². The summed E-state index contributed by atoms with van der Waals surface area (Å²) in [5.41, 5.74) is 3.68. The molecule has 0 saturated carbocycles. The highest BCUT2D eigenvalue weighted by Gasteiger charge is 2.16. The number of anilines is 1. The van der Waals surface area contributed by atoms with Gasteiger partial charge in [-0.05, 0) is 66.7 Å². The molecule has 0 bridgehead atoms. The van der Waals surface area contributed by atoms with Gasteiger partial charge in [-0.1, -0.05) is 24.6 Å². The molecule has 0 aliphatic carbocycles. The average Bonchev–Trinajstić information content (AvgIpc) is 3.21. The number of aryl methyl sites for hydroxylation is 1. The number of nitrogens with one attached hydrogen (secondary N) is 2. The van der Waals surface area contributed by atoms with Crippen molar-refractivity contribution in [3.63, 3.8) is 0 Å². The summed E-state index contributed by atoms with van der Waals surface area (Å²) in [4.78, 5) is 17.1. The molecule has 0 aliphatic heterocycles. The molecule has 0 unspecified atom stereocenters. The van der Waals surface area contributed by atoms with Crippen LogP contribution in [0.25, 0.3) is 22.6 Å². The molecule has 0 spiro atoms. The monoisotopic (exact) mass is 481 g/mol. The van der Waals surface area contributed by atoms with Crippen molar-refractivity contribution < 1.29 is 19.1 Å². The zero-order valence-electron chi connectivity index (χ0n) is 17.8. The second-order valence-corrected chi connectivity index (χ2v) is 8.00. The highest BCUT2D eigenvalue weighted by molar-refractivity contribution is 7.80. The van der Waals surface area contributed by atoms with E-state index < -0.39 is 5.91 Å². The minimum absolute atomic E-state index is 0.0446. The van der Waals surface area contributed by atoms with Gasteiger partial charge in [0.1, 0.15) is 17.0 Å². The highest BCUT2D eigenvalue weighted by Crippen LogP contribution is 2.33. The van der Waals surface area contributed by atoms with Gasteiger partial charge in [-0.3, -0.25) is 10.1 Å². The van der Waals surface area contributed by atoms with Crippen molar-refractivity contribution >= 4 is 51.6 Å². The van der Waals surface area contributed by atoms with Crippen molar-refractivity contribution in [3.8, 4) is 23.0 Å². The van der Waals surface area contributed by atoms with Crippen LogP contribution in [0, 0.1) is 0 Å². The summed E-state index contributed by atoms with van der Waals surface area (Å²) in [6, 6.07) is 15.4. The van der Waals surface area contributed by atoms with Gasteiger partial charge < -0.3 is 19.6 Å². The fraction of sp³-hybridized carbons (Fsp3) is 0.125. The number of thiocarbonyl (C=S) groups is 1. The summed E-state index contributed by atoms with van der Waals surface area (Å²) in [6.45, 7) is 2.07. The largest absolute Gasteiger partial charge is 0.507 e. The van der Waals surface area contributed by atoms with Crippen LogP contribution in [0.1, 0.15) is 22.8 Å². The van der Waals surface area contributed by atoms with E-state index in [0.29, 0.717) is 33.5 Å². The Morgan fingerprint density at radius 3 is 2.73 bits per heavy atom. The van der Waals surface area contributed by atoms with Gasteiger partial charge in [0, 0.05) is 16.8 Å². The topological polar surface area (TPSA) is 96.6 Å². The fourth-order valence-electron chi connectivity index (χ4n) is 3.29. The Kier molecular flexibility index (Phi) is 6.48. The van der Waals surface area contributed by atoms with E-state index in [1.54, 1.807) is 24.3 Å². The maximum absolute atomic E-state index is 12.6. The Balaban J connectivity index is 1.49. The third kappa shape index (κ3) is 4.92. The van der Waals surface area contributed by atoms with E-state index in [-0.39, 0.29) is 16.4 Å². The number of fused-ring (bicyclic) bond motifs is 1.